The van der Waals surface area contributed by atoms with Gasteiger partial charge in [0.15, 0.2) is 0 Å². The molecular formula is C14H17NO. The maximum absolute atomic E-state index is 5.49. The minimum absolute atomic E-state index is 0.760. The summed E-state index contributed by atoms with van der Waals surface area (Å²) >= 11 is 0. The second-order valence-corrected chi connectivity index (χ2v) is 4.11. The Morgan fingerprint density at radius 1 is 1.12 bits per heavy atom. The zero-order valence-corrected chi connectivity index (χ0v) is 10.0. The molecule has 1 N–H and O–H groups in total. The summed E-state index contributed by atoms with van der Waals surface area (Å²) in [4.78, 5) is 0. The van der Waals surface area contributed by atoms with Crippen molar-refractivity contribution in [1.82, 2.24) is 5.32 Å². The molecule has 0 aliphatic heterocycles. The van der Waals surface area contributed by atoms with Crippen LogP contribution in [-0.2, 0) is 6.54 Å². The van der Waals surface area contributed by atoms with Crippen molar-refractivity contribution in [3.8, 4) is 11.1 Å². The second kappa shape index (κ2) is 4.54. The minimum atomic E-state index is 0.760. The Hall–Kier alpha value is -1.54. The molecule has 0 saturated carbocycles. The molecule has 1 aromatic carbocycles. The number of hydrogen-bond acceptors (Lipinski definition) is 2. The monoisotopic (exact) mass is 215 g/mol. The van der Waals surface area contributed by atoms with E-state index in [1.807, 2.05) is 13.1 Å². The van der Waals surface area contributed by atoms with Crippen molar-refractivity contribution in [2.24, 2.45) is 0 Å². The third-order valence-electron chi connectivity index (χ3n) is 2.77. The molecule has 1 heterocycles. The Morgan fingerprint density at radius 2 is 1.94 bits per heavy atom. The zero-order chi connectivity index (χ0) is 11.5. The molecule has 0 unspecified atom stereocenters. The third kappa shape index (κ3) is 2.02. The number of nitrogens with one attached hydrogen (secondary N) is 1. The number of rotatable bonds is 3. The molecular weight excluding hydrogens is 198 g/mol. The van der Waals surface area contributed by atoms with Crippen LogP contribution in [0, 0.1) is 13.8 Å². The Kier molecular flexibility index (Phi) is 3.11. The van der Waals surface area contributed by atoms with Gasteiger partial charge in [-0.2, -0.15) is 0 Å². The highest BCUT2D eigenvalue weighted by atomic mass is 16.3. The van der Waals surface area contributed by atoms with Gasteiger partial charge in [0.1, 0.15) is 5.76 Å². The van der Waals surface area contributed by atoms with Gasteiger partial charge in [0.2, 0.25) is 0 Å². The van der Waals surface area contributed by atoms with Gasteiger partial charge in [0.25, 0.3) is 0 Å². The number of hydrogen-bond donors (Lipinski definition) is 1. The molecule has 2 aromatic rings. The maximum atomic E-state index is 5.49. The molecule has 0 bridgehead atoms. The van der Waals surface area contributed by atoms with Crippen LogP contribution in [0.2, 0.25) is 0 Å². The third-order valence-corrected chi connectivity index (χ3v) is 2.77. The van der Waals surface area contributed by atoms with Crippen LogP contribution < -0.4 is 5.32 Å². The van der Waals surface area contributed by atoms with Crippen molar-refractivity contribution in [2.45, 2.75) is 20.4 Å². The van der Waals surface area contributed by atoms with E-state index in [0.717, 1.165) is 12.3 Å². The standard InChI is InChI=1S/C14H17NO/c1-10-4-5-11(2)13(8-10)12-6-7-16-14(12)9-15-3/h4-8,15H,9H2,1-3H3. The van der Waals surface area contributed by atoms with Crippen molar-refractivity contribution in [2.75, 3.05) is 7.05 Å². The molecule has 2 heteroatoms. The highest BCUT2D eigenvalue weighted by Crippen LogP contribution is 2.28. The van der Waals surface area contributed by atoms with Crippen molar-refractivity contribution >= 4 is 0 Å². The lowest BCUT2D eigenvalue weighted by atomic mass is 9.99. The van der Waals surface area contributed by atoms with Gasteiger partial charge in [0, 0.05) is 5.56 Å². The van der Waals surface area contributed by atoms with E-state index in [0.29, 0.717) is 0 Å². The highest BCUT2D eigenvalue weighted by molar-refractivity contribution is 5.69. The minimum Gasteiger partial charge on any atom is -0.467 e. The van der Waals surface area contributed by atoms with Gasteiger partial charge in [-0.25, -0.2) is 0 Å². The van der Waals surface area contributed by atoms with Crippen LogP contribution >= 0.6 is 0 Å². The number of aryl methyl sites for hydroxylation is 2. The van der Waals surface area contributed by atoms with E-state index >= 15 is 0 Å². The van der Waals surface area contributed by atoms with Gasteiger partial charge in [-0.3, -0.25) is 0 Å². The van der Waals surface area contributed by atoms with E-state index in [2.05, 4.69) is 37.4 Å². The Morgan fingerprint density at radius 3 is 2.69 bits per heavy atom. The smallest absolute Gasteiger partial charge is 0.125 e. The molecule has 2 rings (SSSR count). The van der Waals surface area contributed by atoms with E-state index in [-0.39, 0.29) is 0 Å². The van der Waals surface area contributed by atoms with Gasteiger partial charge in [0.05, 0.1) is 12.8 Å². The summed E-state index contributed by atoms with van der Waals surface area (Å²) in [7, 11) is 1.93. The molecule has 2 nitrogen and oxygen atoms in total. The Bertz CT molecular complexity index is 485. The fourth-order valence-corrected chi connectivity index (χ4v) is 1.90. The van der Waals surface area contributed by atoms with E-state index in [1.54, 1.807) is 6.26 Å². The fraction of sp³-hybridized carbons (Fsp3) is 0.286. The maximum Gasteiger partial charge on any atom is 0.125 e. The van der Waals surface area contributed by atoms with E-state index in [4.69, 9.17) is 4.42 Å². The molecule has 0 amide bonds. The van der Waals surface area contributed by atoms with Crippen LogP contribution in [0.1, 0.15) is 16.9 Å². The normalized spacial score (nSPS) is 10.7. The fourth-order valence-electron chi connectivity index (χ4n) is 1.90. The second-order valence-electron chi connectivity index (χ2n) is 4.11. The van der Waals surface area contributed by atoms with Gasteiger partial charge < -0.3 is 9.73 Å². The molecule has 0 spiro atoms. The molecule has 0 aliphatic carbocycles. The van der Waals surface area contributed by atoms with Gasteiger partial charge in [-0.1, -0.05) is 23.8 Å². The number of benzene rings is 1. The van der Waals surface area contributed by atoms with Crippen LogP contribution in [-0.4, -0.2) is 7.05 Å². The number of furan rings is 1. The first-order chi connectivity index (χ1) is 7.72. The molecule has 0 radical (unpaired) electrons. The van der Waals surface area contributed by atoms with Crippen LogP contribution in [0.3, 0.4) is 0 Å². The van der Waals surface area contributed by atoms with Crippen molar-refractivity contribution < 1.29 is 4.42 Å². The Labute approximate surface area is 96.3 Å². The predicted octanol–water partition coefficient (Wildman–Crippen LogP) is 3.28. The van der Waals surface area contributed by atoms with Crippen LogP contribution in [0.4, 0.5) is 0 Å². The molecule has 0 aliphatic rings. The predicted molar refractivity (Wildman–Crippen MR) is 66.4 cm³/mol. The lowest BCUT2D eigenvalue weighted by Gasteiger charge is -2.07. The van der Waals surface area contributed by atoms with Crippen LogP contribution in [0.5, 0.6) is 0 Å². The first-order valence-corrected chi connectivity index (χ1v) is 5.51. The summed E-state index contributed by atoms with van der Waals surface area (Å²) in [6.45, 7) is 5.00. The van der Waals surface area contributed by atoms with Crippen LogP contribution in [0.25, 0.3) is 11.1 Å². The van der Waals surface area contributed by atoms with E-state index in [1.165, 1.54) is 22.3 Å². The highest BCUT2D eigenvalue weighted by Gasteiger charge is 2.10. The van der Waals surface area contributed by atoms with Crippen molar-refractivity contribution in [1.29, 1.82) is 0 Å². The molecule has 0 atom stereocenters. The molecule has 1 aromatic heterocycles. The van der Waals surface area contributed by atoms with E-state index < -0.39 is 0 Å². The largest absolute Gasteiger partial charge is 0.467 e. The lowest BCUT2D eigenvalue weighted by molar-refractivity contribution is 0.497. The van der Waals surface area contributed by atoms with Gasteiger partial charge in [-0.05, 0) is 38.1 Å². The summed E-state index contributed by atoms with van der Waals surface area (Å²) in [6.07, 6.45) is 1.75. The van der Waals surface area contributed by atoms with Crippen LogP contribution in [0.15, 0.2) is 34.9 Å². The Balaban J connectivity index is 2.49. The SMILES string of the molecule is CNCc1occc1-c1cc(C)ccc1C. The molecule has 0 fully saturated rings. The zero-order valence-electron chi connectivity index (χ0n) is 10.0. The topological polar surface area (TPSA) is 25.2 Å². The molecule has 0 saturated heterocycles. The first-order valence-electron chi connectivity index (χ1n) is 5.51. The van der Waals surface area contributed by atoms with Crippen molar-refractivity contribution in [3.63, 3.8) is 0 Å². The average molecular weight is 215 g/mol. The average Bonchev–Trinajstić information content (AvgIpc) is 2.70. The van der Waals surface area contributed by atoms with Gasteiger partial charge in [-0.15, -0.1) is 0 Å². The lowest BCUT2D eigenvalue weighted by Crippen LogP contribution is -2.05. The summed E-state index contributed by atoms with van der Waals surface area (Å²) in [6, 6.07) is 8.53. The summed E-state index contributed by atoms with van der Waals surface area (Å²) < 4.78 is 5.49. The first kappa shape index (κ1) is 11.0. The summed E-state index contributed by atoms with van der Waals surface area (Å²) in [5, 5.41) is 3.12. The quantitative estimate of drug-likeness (QED) is 0.850. The van der Waals surface area contributed by atoms with Crippen molar-refractivity contribution in [3.05, 3.63) is 47.4 Å². The summed E-state index contributed by atoms with van der Waals surface area (Å²) in [5.41, 5.74) is 5.01. The molecule has 16 heavy (non-hydrogen) atoms. The van der Waals surface area contributed by atoms with Gasteiger partial charge >= 0.3 is 0 Å². The van der Waals surface area contributed by atoms with E-state index in [9.17, 15) is 0 Å². The molecule has 84 valence electrons. The summed E-state index contributed by atoms with van der Waals surface area (Å²) in [5.74, 6) is 0.996.